The minimum Gasteiger partial charge on any atom is -0.381 e. The standard InChI is InChI=1S/C9H8Cl2N4/c1-5-9(12)14-15(13-5)6-2-3-7(10)8(11)4-6/h2-4H,1H3,(H2,12,14). The van der Waals surface area contributed by atoms with E-state index in [1.807, 2.05) is 0 Å². The molecule has 78 valence electrons. The van der Waals surface area contributed by atoms with Crippen LogP contribution in [0.25, 0.3) is 5.69 Å². The van der Waals surface area contributed by atoms with Crippen LogP contribution in [0, 0.1) is 6.92 Å². The molecule has 0 radical (unpaired) electrons. The minimum absolute atomic E-state index is 0.404. The summed E-state index contributed by atoms with van der Waals surface area (Å²) in [6.07, 6.45) is 0. The van der Waals surface area contributed by atoms with Gasteiger partial charge in [0.1, 0.15) is 5.69 Å². The molecule has 0 bridgehead atoms. The number of aromatic nitrogens is 3. The molecule has 15 heavy (non-hydrogen) atoms. The third kappa shape index (κ3) is 1.91. The van der Waals surface area contributed by atoms with Crippen LogP contribution in [0.5, 0.6) is 0 Å². The Kier molecular flexibility index (Phi) is 2.54. The number of nitrogens with two attached hydrogens (primary N) is 1. The minimum atomic E-state index is 0.404. The number of rotatable bonds is 1. The molecule has 2 rings (SSSR count). The Morgan fingerprint density at radius 3 is 2.47 bits per heavy atom. The van der Waals surface area contributed by atoms with Crippen LogP contribution in [0.3, 0.4) is 0 Å². The molecular weight excluding hydrogens is 235 g/mol. The van der Waals surface area contributed by atoms with E-state index in [0.29, 0.717) is 21.6 Å². The van der Waals surface area contributed by atoms with Crippen LogP contribution in [0.15, 0.2) is 18.2 Å². The van der Waals surface area contributed by atoms with Gasteiger partial charge in [-0.3, -0.25) is 0 Å². The maximum atomic E-state index is 5.88. The van der Waals surface area contributed by atoms with Gasteiger partial charge >= 0.3 is 0 Å². The average molecular weight is 243 g/mol. The van der Waals surface area contributed by atoms with Crippen LogP contribution in [0.1, 0.15) is 5.69 Å². The molecule has 0 unspecified atom stereocenters. The number of aryl methyl sites for hydroxylation is 1. The SMILES string of the molecule is Cc1nn(-c2ccc(Cl)c(Cl)c2)nc1N. The molecule has 6 heteroatoms. The summed E-state index contributed by atoms with van der Waals surface area (Å²) in [6.45, 7) is 1.79. The van der Waals surface area contributed by atoms with Crippen LogP contribution in [0.4, 0.5) is 5.82 Å². The van der Waals surface area contributed by atoms with Crippen molar-refractivity contribution in [2.45, 2.75) is 6.92 Å². The number of nitrogen functional groups attached to an aromatic ring is 1. The van der Waals surface area contributed by atoms with E-state index in [1.54, 1.807) is 25.1 Å². The monoisotopic (exact) mass is 242 g/mol. The van der Waals surface area contributed by atoms with Crippen molar-refractivity contribution in [1.82, 2.24) is 15.0 Å². The summed E-state index contributed by atoms with van der Waals surface area (Å²) in [6, 6.07) is 5.14. The summed E-state index contributed by atoms with van der Waals surface area (Å²) < 4.78 is 0. The molecule has 2 N–H and O–H groups in total. The molecule has 0 saturated heterocycles. The molecule has 1 heterocycles. The second-order valence-electron chi connectivity index (χ2n) is 3.06. The smallest absolute Gasteiger partial charge is 0.169 e. The van der Waals surface area contributed by atoms with Gasteiger partial charge < -0.3 is 5.73 Å². The number of anilines is 1. The topological polar surface area (TPSA) is 56.7 Å². The van der Waals surface area contributed by atoms with E-state index in [-0.39, 0.29) is 0 Å². The van der Waals surface area contributed by atoms with Gasteiger partial charge in [0.2, 0.25) is 0 Å². The molecule has 0 fully saturated rings. The average Bonchev–Trinajstić information content (AvgIpc) is 2.52. The molecule has 2 aromatic rings. The summed E-state index contributed by atoms with van der Waals surface area (Å²) in [5, 5.41) is 9.12. The zero-order chi connectivity index (χ0) is 11.0. The van der Waals surface area contributed by atoms with Crippen molar-refractivity contribution in [3.8, 4) is 5.69 Å². The van der Waals surface area contributed by atoms with Crippen LogP contribution in [-0.2, 0) is 0 Å². The third-order valence-corrected chi connectivity index (χ3v) is 2.69. The molecule has 0 aliphatic rings. The second-order valence-corrected chi connectivity index (χ2v) is 3.87. The Hall–Kier alpha value is -1.26. The van der Waals surface area contributed by atoms with E-state index < -0.39 is 0 Å². The molecule has 0 aliphatic heterocycles. The number of hydrogen-bond acceptors (Lipinski definition) is 3. The quantitative estimate of drug-likeness (QED) is 0.836. The largest absolute Gasteiger partial charge is 0.381 e. The van der Waals surface area contributed by atoms with Gasteiger partial charge in [0.25, 0.3) is 0 Å². The lowest BCUT2D eigenvalue weighted by Crippen LogP contribution is -1.99. The highest BCUT2D eigenvalue weighted by Crippen LogP contribution is 2.24. The fourth-order valence-electron chi connectivity index (χ4n) is 1.11. The van der Waals surface area contributed by atoms with Crippen molar-refractivity contribution in [3.05, 3.63) is 33.9 Å². The van der Waals surface area contributed by atoms with E-state index in [0.717, 1.165) is 5.69 Å². The van der Waals surface area contributed by atoms with Gasteiger partial charge in [0, 0.05) is 0 Å². The Morgan fingerprint density at radius 2 is 1.93 bits per heavy atom. The first-order valence-electron chi connectivity index (χ1n) is 4.23. The van der Waals surface area contributed by atoms with Gasteiger partial charge in [0.05, 0.1) is 15.7 Å². The second kappa shape index (κ2) is 3.72. The van der Waals surface area contributed by atoms with Gasteiger partial charge in [-0.2, -0.15) is 5.10 Å². The maximum Gasteiger partial charge on any atom is 0.169 e. The molecule has 4 nitrogen and oxygen atoms in total. The zero-order valence-electron chi connectivity index (χ0n) is 7.91. The molecule has 1 aromatic carbocycles. The highest BCUT2D eigenvalue weighted by Gasteiger charge is 2.06. The fraction of sp³-hybridized carbons (Fsp3) is 0.111. The Balaban J connectivity index is 2.49. The Labute approximate surface area is 96.6 Å². The number of hydrogen-bond donors (Lipinski definition) is 1. The summed E-state index contributed by atoms with van der Waals surface area (Å²) in [5.41, 5.74) is 7.00. The van der Waals surface area contributed by atoms with Crippen LogP contribution < -0.4 is 5.73 Å². The molecule has 0 spiro atoms. The summed E-state index contributed by atoms with van der Waals surface area (Å²) in [4.78, 5) is 1.42. The molecule has 0 aliphatic carbocycles. The van der Waals surface area contributed by atoms with Crippen LogP contribution in [-0.4, -0.2) is 15.0 Å². The lowest BCUT2D eigenvalue weighted by atomic mass is 10.3. The summed E-state index contributed by atoms with van der Waals surface area (Å²) in [5.74, 6) is 0.404. The fourth-order valence-corrected chi connectivity index (χ4v) is 1.41. The lowest BCUT2D eigenvalue weighted by molar-refractivity contribution is 0.748. The highest BCUT2D eigenvalue weighted by molar-refractivity contribution is 6.42. The first kappa shape index (κ1) is 10.3. The first-order valence-corrected chi connectivity index (χ1v) is 4.98. The lowest BCUT2D eigenvalue weighted by Gasteiger charge is -2.00. The van der Waals surface area contributed by atoms with Crippen molar-refractivity contribution < 1.29 is 0 Å². The van der Waals surface area contributed by atoms with Crippen molar-refractivity contribution in [3.63, 3.8) is 0 Å². The van der Waals surface area contributed by atoms with Crippen molar-refractivity contribution in [1.29, 1.82) is 0 Å². The number of benzene rings is 1. The van der Waals surface area contributed by atoms with Gasteiger partial charge in [-0.25, -0.2) is 0 Å². The van der Waals surface area contributed by atoms with Gasteiger partial charge in [-0.15, -0.1) is 9.90 Å². The summed E-state index contributed by atoms with van der Waals surface area (Å²) >= 11 is 11.7. The molecule has 0 saturated carbocycles. The van der Waals surface area contributed by atoms with Gasteiger partial charge in [-0.1, -0.05) is 23.2 Å². The van der Waals surface area contributed by atoms with Crippen LogP contribution in [0.2, 0.25) is 10.0 Å². The van der Waals surface area contributed by atoms with Crippen LogP contribution >= 0.6 is 23.2 Å². The number of halogens is 2. The van der Waals surface area contributed by atoms with Gasteiger partial charge in [-0.05, 0) is 25.1 Å². The third-order valence-electron chi connectivity index (χ3n) is 1.95. The first-order chi connectivity index (χ1) is 7.08. The van der Waals surface area contributed by atoms with Crippen molar-refractivity contribution >= 4 is 29.0 Å². The van der Waals surface area contributed by atoms with E-state index >= 15 is 0 Å². The summed E-state index contributed by atoms with van der Waals surface area (Å²) in [7, 11) is 0. The molecule has 0 amide bonds. The van der Waals surface area contributed by atoms with E-state index in [2.05, 4.69) is 10.2 Å². The normalized spacial score (nSPS) is 10.6. The Bertz CT molecular complexity index is 487. The van der Waals surface area contributed by atoms with Crippen molar-refractivity contribution in [2.75, 3.05) is 5.73 Å². The van der Waals surface area contributed by atoms with Gasteiger partial charge in [0.15, 0.2) is 5.82 Å². The number of nitrogens with zero attached hydrogens (tertiary/aromatic N) is 3. The predicted molar refractivity (Wildman–Crippen MR) is 60.5 cm³/mol. The van der Waals surface area contributed by atoms with Crippen molar-refractivity contribution in [2.24, 2.45) is 0 Å². The maximum absolute atomic E-state index is 5.88. The van der Waals surface area contributed by atoms with E-state index in [1.165, 1.54) is 4.80 Å². The highest BCUT2D eigenvalue weighted by atomic mass is 35.5. The molecule has 0 atom stereocenters. The zero-order valence-corrected chi connectivity index (χ0v) is 9.42. The Morgan fingerprint density at radius 1 is 1.20 bits per heavy atom. The molecular formula is C9H8Cl2N4. The molecule has 1 aromatic heterocycles. The van der Waals surface area contributed by atoms with E-state index in [9.17, 15) is 0 Å². The predicted octanol–water partition coefficient (Wildman–Crippen LogP) is 2.46. The van der Waals surface area contributed by atoms with E-state index in [4.69, 9.17) is 28.9 Å².